The summed E-state index contributed by atoms with van der Waals surface area (Å²) < 4.78 is 51.4. The van der Waals surface area contributed by atoms with Crippen LogP contribution in [0.5, 0.6) is 34.5 Å². The Morgan fingerprint density at radius 3 is 0.873 bits per heavy atom. The Balaban J connectivity index is 0.839. The molecule has 316 valence electrons. The molecule has 0 radical (unpaired) electrons. The van der Waals surface area contributed by atoms with Gasteiger partial charge in [-0.1, -0.05) is 137 Å². The van der Waals surface area contributed by atoms with E-state index in [0.29, 0.717) is 36.2 Å². The Labute approximate surface area is 371 Å². The SMILES string of the molecule is CC(C)(c1ccc(OCc2ccccc2)cc1)c1ccc(Oc2ccc(S(=O)(=O)c3ccc(Oc4ccc(C(C)(C)c5ccc(OCc6ccccc6)cc5)cc4)cc3)cc2)cc1. The lowest BCUT2D eigenvalue weighted by atomic mass is 9.78. The van der Waals surface area contributed by atoms with Gasteiger partial charge in [-0.3, -0.25) is 0 Å². The Hall–Kier alpha value is -7.09. The molecule has 6 nitrogen and oxygen atoms in total. The molecule has 0 saturated heterocycles. The Bertz CT molecular complexity index is 2630. The van der Waals surface area contributed by atoms with Gasteiger partial charge < -0.3 is 18.9 Å². The van der Waals surface area contributed by atoms with Crippen LogP contribution in [0.25, 0.3) is 0 Å². The third-order valence-electron chi connectivity index (χ3n) is 11.5. The van der Waals surface area contributed by atoms with Crippen LogP contribution in [0.15, 0.2) is 216 Å². The van der Waals surface area contributed by atoms with Gasteiger partial charge in [0, 0.05) is 10.8 Å². The zero-order chi connectivity index (χ0) is 43.9. The summed E-state index contributed by atoms with van der Waals surface area (Å²) in [5.41, 5.74) is 6.33. The smallest absolute Gasteiger partial charge is 0.206 e. The second kappa shape index (κ2) is 18.5. The van der Waals surface area contributed by atoms with Gasteiger partial charge in [0.25, 0.3) is 0 Å². The molecule has 7 heteroatoms. The van der Waals surface area contributed by atoms with Crippen LogP contribution in [-0.4, -0.2) is 8.42 Å². The van der Waals surface area contributed by atoms with Crippen LogP contribution in [0, 0.1) is 0 Å². The summed E-state index contributed by atoms with van der Waals surface area (Å²) in [5.74, 6) is 4.03. The van der Waals surface area contributed by atoms with Crippen LogP contribution in [0.3, 0.4) is 0 Å². The van der Waals surface area contributed by atoms with E-state index in [2.05, 4.69) is 100 Å². The van der Waals surface area contributed by atoms with E-state index >= 15 is 0 Å². The lowest BCUT2D eigenvalue weighted by molar-refractivity contribution is 0.306. The van der Waals surface area contributed by atoms with Gasteiger partial charge in [-0.15, -0.1) is 0 Å². The van der Waals surface area contributed by atoms with E-state index in [1.165, 1.54) is 0 Å². The molecular weight excluding hydrogens is 801 g/mol. The van der Waals surface area contributed by atoms with Gasteiger partial charge in [0.05, 0.1) is 9.79 Å². The first-order valence-electron chi connectivity index (χ1n) is 21.0. The maximum absolute atomic E-state index is 13.6. The van der Waals surface area contributed by atoms with E-state index in [1.54, 1.807) is 48.5 Å². The van der Waals surface area contributed by atoms with Crippen molar-refractivity contribution in [1.29, 1.82) is 0 Å². The van der Waals surface area contributed by atoms with Gasteiger partial charge in [0.2, 0.25) is 9.84 Å². The highest BCUT2D eigenvalue weighted by atomic mass is 32.2. The molecule has 0 saturated carbocycles. The Kier molecular flexibility index (Phi) is 12.5. The molecule has 0 unspecified atom stereocenters. The summed E-state index contributed by atoms with van der Waals surface area (Å²) in [6.45, 7) is 9.80. The van der Waals surface area contributed by atoms with Crippen molar-refractivity contribution < 1.29 is 27.4 Å². The van der Waals surface area contributed by atoms with Crippen LogP contribution in [0.1, 0.15) is 61.1 Å². The molecule has 0 aliphatic carbocycles. The van der Waals surface area contributed by atoms with Crippen molar-refractivity contribution in [2.45, 2.75) is 61.5 Å². The molecule has 0 aromatic heterocycles. The molecule has 0 fully saturated rings. The number of hydrogen-bond acceptors (Lipinski definition) is 6. The predicted molar refractivity (Wildman–Crippen MR) is 250 cm³/mol. The molecule has 0 aliphatic heterocycles. The van der Waals surface area contributed by atoms with Crippen LogP contribution in [-0.2, 0) is 33.9 Å². The highest BCUT2D eigenvalue weighted by molar-refractivity contribution is 7.91. The first-order valence-corrected chi connectivity index (χ1v) is 22.5. The molecular formula is C56H50O6S. The number of benzene rings is 8. The maximum Gasteiger partial charge on any atom is 0.206 e. The second-order valence-corrected chi connectivity index (χ2v) is 18.5. The third kappa shape index (κ3) is 10.2. The maximum atomic E-state index is 13.6. The Morgan fingerprint density at radius 1 is 0.333 bits per heavy atom. The monoisotopic (exact) mass is 850 g/mol. The average Bonchev–Trinajstić information content (AvgIpc) is 3.32. The van der Waals surface area contributed by atoms with Gasteiger partial charge in [-0.25, -0.2) is 8.42 Å². The molecule has 0 aliphatic rings. The first kappa shape index (κ1) is 42.6. The quantitative estimate of drug-likeness (QED) is 0.0964. The minimum Gasteiger partial charge on any atom is -0.489 e. The standard InChI is InChI=1S/C56H50O6S/c1-55(2,43-15-23-47(24-16-43)59-39-41-11-7-5-8-12-41)45-19-27-49(28-20-45)61-51-31-35-53(36-32-51)63(57,58)54-37-33-52(34-38-54)62-50-29-21-46(22-30-50)56(3,4)44-17-25-48(26-18-44)60-40-42-13-9-6-10-14-42/h5-38H,39-40H2,1-4H3. The molecule has 0 heterocycles. The lowest BCUT2D eigenvalue weighted by Gasteiger charge is -2.26. The molecule has 0 bridgehead atoms. The zero-order valence-corrected chi connectivity index (χ0v) is 36.7. The van der Waals surface area contributed by atoms with Crippen molar-refractivity contribution in [2.75, 3.05) is 0 Å². The summed E-state index contributed by atoms with van der Waals surface area (Å²) in [6, 6.07) is 65.6. The largest absolute Gasteiger partial charge is 0.489 e. The third-order valence-corrected chi connectivity index (χ3v) is 13.3. The van der Waals surface area contributed by atoms with E-state index in [4.69, 9.17) is 18.9 Å². The molecule has 0 spiro atoms. The molecule has 0 amide bonds. The van der Waals surface area contributed by atoms with Crippen LogP contribution in [0.4, 0.5) is 0 Å². The summed E-state index contributed by atoms with van der Waals surface area (Å²) in [5, 5.41) is 0. The van der Waals surface area contributed by atoms with Crippen molar-refractivity contribution in [3.8, 4) is 34.5 Å². The number of rotatable bonds is 16. The van der Waals surface area contributed by atoms with Gasteiger partial charge in [-0.05, 0) is 130 Å². The normalized spacial score (nSPS) is 11.7. The molecule has 8 aromatic carbocycles. The van der Waals surface area contributed by atoms with Crippen LogP contribution >= 0.6 is 0 Å². The van der Waals surface area contributed by atoms with Crippen molar-refractivity contribution >= 4 is 9.84 Å². The minimum atomic E-state index is -3.78. The number of sulfone groups is 1. The second-order valence-electron chi connectivity index (χ2n) is 16.5. The van der Waals surface area contributed by atoms with Gasteiger partial charge in [0.15, 0.2) is 0 Å². The molecule has 63 heavy (non-hydrogen) atoms. The van der Waals surface area contributed by atoms with E-state index < -0.39 is 9.84 Å². The summed E-state index contributed by atoms with van der Waals surface area (Å²) in [7, 11) is -3.78. The lowest BCUT2D eigenvalue weighted by Crippen LogP contribution is -2.18. The average molecular weight is 851 g/mol. The number of ether oxygens (including phenoxy) is 4. The van der Waals surface area contributed by atoms with E-state index in [-0.39, 0.29) is 20.6 Å². The fourth-order valence-corrected chi connectivity index (χ4v) is 8.67. The fourth-order valence-electron chi connectivity index (χ4n) is 7.41. The first-order chi connectivity index (χ1) is 30.4. The predicted octanol–water partition coefficient (Wildman–Crippen LogP) is 13.9. The van der Waals surface area contributed by atoms with E-state index in [1.807, 2.05) is 84.9 Å². The van der Waals surface area contributed by atoms with Gasteiger partial charge >= 0.3 is 0 Å². The van der Waals surface area contributed by atoms with Crippen molar-refractivity contribution in [2.24, 2.45) is 0 Å². The number of hydrogen-bond donors (Lipinski definition) is 0. The van der Waals surface area contributed by atoms with Gasteiger partial charge in [-0.2, -0.15) is 0 Å². The van der Waals surface area contributed by atoms with Crippen molar-refractivity contribution in [3.63, 3.8) is 0 Å². The molecule has 0 N–H and O–H groups in total. The molecule has 0 atom stereocenters. The summed E-state index contributed by atoms with van der Waals surface area (Å²) in [6.07, 6.45) is 0. The highest BCUT2D eigenvalue weighted by Crippen LogP contribution is 2.36. The molecule has 8 aromatic rings. The van der Waals surface area contributed by atoms with Crippen molar-refractivity contribution in [3.05, 3.63) is 240 Å². The van der Waals surface area contributed by atoms with Crippen LogP contribution in [0.2, 0.25) is 0 Å². The summed E-state index contributed by atoms with van der Waals surface area (Å²) >= 11 is 0. The molecule has 8 rings (SSSR count). The van der Waals surface area contributed by atoms with E-state index in [9.17, 15) is 8.42 Å². The van der Waals surface area contributed by atoms with Crippen LogP contribution < -0.4 is 18.9 Å². The fraction of sp³-hybridized carbons (Fsp3) is 0.143. The summed E-state index contributed by atoms with van der Waals surface area (Å²) in [4.78, 5) is 0.342. The Morgan fingerprint density at radius 2 is 0.587 bits per heavy atom. The van der Waals surface area contributed by atoms with Crippen molar-refractivity contribution in [1.82, 2.24) is 0 Å². The minimum absolute atomic E-state index is 0.171. The topological polar surface area (TPSA) is 71.1 Å². The van der Waals surface area contributed by atoms with E-state index in [0.717, 1.165) is 44.9 Å². The van der Waals surface area contributed by atoms with Gasteiger partial charge in [0.1, 0.15) is 47.7 Å². The zero-order valence-electron chi connectivity index (χ0n) is 35.9. The highest BCUT2D eigenvalue weighted by Gasteiger charge is 2.25.